The van der Waals surface area contributed by atoms with Gasteiger partial charge in [-0.25, -0.2) is 0 Å². The molecule has 0 heterocycles. The largest absolute Gasteiger partial charge is 0.267 e. The third-order valence-corrected chi connectivity index (χ3v) is 3.88. The maximum atomic E-state index is 3.93. The predicted molar refractivity (Wildman–Crippen MR) is 63.9 cm³/mol. The molecule has 0 radical (unpaired) electrons. The van der Waals surface area contributed by atoms with Gasteiger partial charge < -0.3 is 0 Å². The van der Waals surface area contributed by atoms with Gasteiger partial charge in [0.05, 0.1) is 0 Å². The Morgan fingerprint density at radius 1 is 1.62 bits per heavy atom. The summed E-state index contributed by atoms with van der Waals surface area (Å²) in [6, 6.07) is 0. The Hall–Kier alpha value is 0.0500. The first-order valence-corrected chi connectivity index (χ1v) is 6.01. The summed E-state index contributed by atoms with van der Waals surface area (Å²) in [5.74, 6) is 1.90. The highest BCUT2D eigenvalue weighted by molar-refractivity contribution is 7.97. The Balaban J connectivity index is 3.91. The van der Waals surface area contributed by atoms with Gasteiger partial charge in [-0.2, -0.15) is 0 Å². The Morgan fingerprint density at radius 2 is 2.23 bits per heavy atom. The molecule has 0 aromatic heterocycles. The van der Waals surface area contributed by atoms with Crippen molar-refractivity contribution in [3.8, 4) is 0 Å². The summed E-state index contributed by atoms with van der Waals surface area (Å²) in [7, 11) is 1.97. The van der Waals surface area contributed by atoms with Crippen LogP contribution in [0.4, 0.5) is 0 Å². The van der Waals surface area contributed by atoms with E-state index in [0.717, 1.165) is 5.92 Å². The van der Waals surface area contributed by atoms with E-state index in [4.69, 9.17) is 0 Å². The standard InChI is InChI=1S/C11H23NS/c1-6-11(4,7-2)10(3)8-9-13-12-5/h6,10,12H,1,7-9H2,2-5H3. The van der Waals surface area contributed by atoms with Crippen molar-refractivity contribution in [3.05, 3.63) is 12.7 Å². The first-order chi connectivity index (χ1) is 6.10. The van der Waals surface area contributed by atoms with Crippen LogP contribution in [-0.2, 0) is 0 Å². The fourth-order valence-electron chi connectivity index (χ4n) is 1.36. The van der Waals surface area contributed by atoms with Gasteiger partial charge in [-0.05, 0) is 31.2 Å². The highest BCUT2D eigenvalue weighted by atomic mass is 32.2. The van der Waals surface area contributed by atoms with Crippen molar-refractivity contribution in [1.29, 1.82) is 0 Å². The van der Waals surface area contributed by atoms with Crippen LogP contribution in [0.3, 0.4) is 0 Å². The van der Waals surface area contributed by atoms with Crippen molar-refractivity contribution in [3.63, 3.8) is 0 Å². The van der Waals surface area contributed by atoms with Crippen LogP contribution >= 0.6 is 11.9 Å². The van der Waals surface area contributed by atoms with Gasteiger partial charge in [0, 0.05) is 5.75 Å². The monoisotopic (exact) mass is 201 g/mol. The summed E-state index contributed by atoms with van der Waals surface area (Å²) in [5, 5.41) is 0. The van der Waals surface area contributed by atoms with Gasteiger partial charge in [-0.15, -0.1) is 6.58 Å². The molecule has 0 spiro atoms. The third kappa shape index (κ3) is 4.19. The van der Waals surface area contributed by atoms with Crippen LogP contribution in [0.5, 0.6) is 0 Å². The average molecular weight is 201 g/mol. The van der Waals surface area contributed by atoms with Crippen molar-refractivity contribution >= 4 is 11.9 Å². The van der Waals surface area contributed by atoms with Crippen LogP contribution in [0.2, 0.25) is 0 Å². The average Bonchev–Trinajstić information content (AvgIpc) is 2.17. The van der Waals surface area contributed by atoms with Gasteiger partial charge in [-0.3, -0.25) is 4.72 Å². The van der Waals surface area contributed by atoms with Crippen LogP contribution in [0, 0.1) is 11.3 Å². The number of allylic oxidation sites excluding steroid dienone is 1. The molecule has 2 unspecified atom stereocenters. The Morgan fingerprint density at radius 3 is 2.62 bits per heavy atom. The van der Waals surface area contributed by atoms with Crippen LogP contribution in [0.1, 0.15) is 33.6 Å². The second kappa shape index (κ2) is 6.50. The predicted octanol–water partition coefficient (Wildman–Crippen LogP) is 3.48. The zero-order chi connectivity index (χ0) is 10.3. The normalized spacial score (nSPS) is 17.8. The second-order valence-corrected chi connectivity index (χ2v) is 4.91. The van der Waals surface area contributed by atoms with Gasteiger partial charge in [0.1, 0.15) is 0 Å². The molecule has 0 saturated carbocycles. The number of rotatable bonds is 7. The van der Waals surface area contributed by atoms with Crippen molar-refractivity contribution in [2.24, 2.45) is 11.3 Å². The zero-order valence-electron chi connectivity index (χ0n) is 9.39. The topological polar surface area (TPSA) is 12.0 Å². The summed E-state index contributed by atoms with van der Waals surface area (Å²) in [6.07, 6.45) is 4.55. The molecule has 1 N–H and O–H groups in total. The number of hydrogen-bond acceptors (Lipinski definition) is 2. The molecular weight excluding hydrogens is 178 g/mol. The fraction of sp³-hybridized carbons (Fsp3) is 0.818. The summed E-state index contributed by atoms with van der Waals surface area (Å²) >= 11 is 1.79. The lowest BCUT2D eigenvalue weighted by molar-refractivity contribution is 0.261. The third-order valence-electron chi connectivity index (χ3n) is 3.15. The highest BCUT2D eigenvalue weighted by Crippen LogP contribution is 2.34. The van der Waals surface area contributed by atoms with Crippen molar-refractivity contribution < 1.29 is 0 Å². The van der Waals surface area contributed by atoms with Gasteiger partial charge >= 0.3 is 0 Å². The second-order valence-electron chi connectivity index (χ2n) is 3.81. The van der Waals surface area contributed by atoms with E-state index in [1.54, 1.807) is 11.9 Å². The maximum absolute atomic E-state index is 3.93. The van der Waals surface area contributed by atoms with Crippen LogP contribution in [-0.4, -0.2) is 12.8 Å². The number of nitrogens with one attached hydrogen (secondary N) is 1. The number of hydrogen-bond donors (Lipinski definition) is 1. The van der Waals surface area contributed by atoms with Gasteiger partial charge in [0.15, 0.2) is 0 Å². The molecule has 2 heteroatoms. The molecule has 1 nitrogen and oxygen atoms in total. The van der Waals surface area contributed by atoms with Crippen LogP contribution in [0.15, 0.2) is 12.7 Å². The molecule has 78 valence electrons. The van der Waals surface area contributed by atoms with Gasteiger partial charge in [0.25, 0.3) is 0 Å². The van der Waals surface area contributed by atoms with Gasteiger partial charge in [0.2, 0.25) is 0 Å². The van der Waals surface area contributed by atoms with Crippen molar-refractivity contribution in [2.45, 2.75) is 33.6 Å². The van der Waals surface area contributed by atoms with E-state index in [1.165, 1.54) is 18.6 Å². The molecule has 0 aliphatic rings. The molecule has 0 aliphatic heterocycles. The minimum atomic E-state index is 0.314. The van der Waals surface area contributed by atoms with E-state index in [-0.39, 0.29) is 0 Å². The first kappa shape index (κ1) is 13.1. The van der Waals surface area contributed by atoms with E-state index in [2.05, 4.69) is 38.1 Å². The van der Waals surface area contributed by atoms with Crippen molar-refractivity contribution in [2.75, 3.05) is 12.8 Å². The van der Waals surface area contributed by atoms with Crippen molar-refractivity contribution in [1.82, 2.24) is 4.72 Å². The molecular formula is C11H23NS. The van der Waals surface area contributed by atoms with E-state index >= 15 is 0 Å². The molecule has 13 heavy (non-hydrogen) atoms. The van der Waals surface area contributed by atoms with E-state index < -0.39 is 0 Å². The molecule has 0 aliphatic carbocycles. The molecule has 0 bridgehead atoms. The van der Waals surface area contributed by atoms with Gasteiger partial charge in [-0.1, -0.05) is 38.8 Å². The SMILES string of the molecule is C=CC(C)(CC)C(C)CCSNC. The lowest BCUT2D eigenvalue weighted by Crippen LogP contribution is -2.22. The van der Waals surface area contributed by atoms with Crippen LogP contribution < -0.4 is 4.72 Å². The molecule has 0 saturated heterocycles. The quantitative estimate of drug-likeness (QED) is 0.384. The van der Waals surface area contributed by atoms with Crippen LogP contribution in [0.25, 0.3) is 0 Å². The van der Waals surface area contributed by atoms with E-state index in [9.17, 15) is 0 Å². The fourth-order valence-corrected chi connectivity index (χ4v) is 2.04. The molecule has 2 atom stereocenters. The van der Waals surface area contributed by atoms with E-state index in [0.29, 0.717) is 5.41 Å². The lowest BCUT2D eigenvalue weighted by atomic mass is 9.75. The Kier molecular flexibility index (Phi) is 6.52. The summed E-state index contributed by atoms with van der Waals surface area (Å²) in [5.41, 5.74) is 0.314. The summed E-state index contributed by atoms with van der Waals surface area (Å²) < 4.78 is 3.10. The minimum absolute atomic E-state index is 0.314. The molecule has 0 fully saturated rings. The molecule has 0 aromatic rings. The smallest absolute Gasteiger partial charge is 0.00813 e. The highest BCUT2D eigenvalue weighted by Gasteiger charge is 2.24. The van der Waals surface area contributed by atoms with E-state index in [1.807, 2.05) is 7.05 Å². The Bertz CT molecular complexity index is 147. The zero-order valence-corrected chi connectivity index (χ0v) is 10.2. The molecule has 0 rings (SSSR count). The molecule has 0 aromatic carbocycles. The lowest BCUT2D eigenvalue weighted by Gasteiger charge is -2.31. The first-order valence-electron chi connectivity index (χ1n) is 5.02. The molecule has 0 amide bonds. The summed E-state index contributed by atoms with van der Waals surface area (Å²) in [6.45, 7) is 10.8. The minimum Gasteiger partial charge on any atom is -0.267 e. The maximum Gasteiger partial charge on any atom is 0.00813 e. The Labute approximate surface area is 87.5 Å². The summed E-state index contributed by atoms with van der Waals surface area (Å²) in [4.78, 5) is 0.